The Hall–Kier alpha value is -0.140. The van der Waals surface area contributed by atoms with E-state index in [4.69, 9.17) is 16.3 Å². The van der Waals surface area contributed by atoms with Crippen LogP contribution in [0.15, 0.2) is 27.6 Å². The van der Waals surface area contributed by atoms with Crippen molar-refractivity contribution in [3.05, 3.63) is 27.7 Å². The standard InChI is InChI=1S/C14H19BrClNO3S/c1-2-8-20-12-4-3-7-17(10-12)21(18,19)14-6-5-11(15)9-13(14)16/h5-6,9,12H,2-4,7-8,10H2,1H3. The minimum atomic E-state index is -3.57. The first-order chi connectivity index (χ1) is 9.95. The Balaban J connectivity index is 2.18. The molecule has 118 valence electrons. The molecule has 4 nitrogen and oxygen atoms in total. The number of hydrogen-bond donors (Lipinski definition) is 0. The van der Waals surface area contributed by atoms with Crippen LogP contribution in [0.4, 0.5) is 0 Å². The van der Waals surface area contributed by atoms with Gasteiger partial charge in [0.2, 0.25) is 10.0 Å². The van der Waals surface area contributed by atoms with Gasteiger partial charge in [-0.05, 0) is 37.5 Å². The van der Waals surface area contributed by atoms with Gasteiger partial charge in [0.15, 0.2) is 0 Å². The predicted molar refractivity (Wildman–Crippen MR) is 87.2 cm³/mol. The van der Waals surface area contributed by atoms with Gasteiger partial charge in [0.05, 0.1) is 11.1 Å². The van der Waals surface area contributed by atoms with E-state index >= 15 is 0 Å². The molecule has 0 aromatic heterocycles. The third kappa shape index (κ3) is 4.20. The second-order valence-electron chi connectivity index (χ2n) is 5.07. The normalized spacial score (nSPS) is 20.6. The number of hydrogen-bond acceptors (Lipinski definition) is 3. The van der Waals surface area contributed by atoms with Crippen molar-refractivity contribution >= 4 is 37.6 Å². The highest BCUT2D eigenvalue weighted by Crippen LogP contribution is 2.29. The molecular formula is C14H19BrClNO3S. The fraction of sp³-hybridized carbons (Fsp3) is 0.571. The molecule has 21 heavy (non-hydrogen) atoms. The average molecular weight is 397 g/mol. The lowest BCUT2D eigenvalue weighted by atomic mass is 10.1. The molecule has 0 spiro atoms. The Morgan fingerprint density at radius 1 is 1.48 bits per heavy atom. The van der Waals surface area contributed by atoms with Crippen LogP contribution in [0.3, 0.4) is 0 Å². The maximum Gasteiger partial charge on any atom is 0.244 e. The Kier molecular flexibility index (Phi) is 6.08. The highest BCUT2D eigenvalue weighted by atomic mass is 79.9. The zero-order chi connectivity index (χ0) is 15.5. The second-order valence-corrected chi connectivity index (χ2v) is 8.30. The topological polar surface area (TPSA) is 46.6 Å². The van der Waals surface area contributed by atoms with Crippen LogP contribution in [-0.4, -0.2) is 38.5 Å². The van der Waals surface area contributed by atoms with Gasteiger partial charge in [0, 0.05) is 24.2 Å². The molecule has 0 N–H and O–H groups in total. The van der Waals surface area contributed by atoms with E-state index in [2.05, 4.69) is 15.9 Å². The summed E-state index contributed by atoms with van der Waals surface area (Å²) in [5.74, 6) is 0. The summed E-state index contributed by atoms with van der Waals surface area (Å²) in [5.41, 5.74) is 0. The SMILES string of the molecule is CCCOC1CCCN(S(=O)(=O)c2ccc(Br)cc2Cl)C1. The van der Waals surface area contributed by atoms with Crippen LogP contribution in [0.1, 0.15) is 26.2 Å². The van der Waals surface area contributed by atoms with Gasteiger partial charge in [0.1, 0.15) is 4.90 Å². The maximum absolute atomic E-state index is 12.7. The van der Waals surface area contributed by atoms with Crippen LogP contribution in [0.25, 0.3) is 0 Å². The van der Waals surface area contributed by atoms with Gasteiger partial charge in [0.25, 0.3) is 0 Å². The van der Waals surface area contributed by atoms with Gasteiger partial charge in [-0.2, -0.15) is 4.31 Å². The molecule has 2 rings (SSSR count). The third-order valence-corrected chi connectivity index (χ3v) is 6.25. The number of nitrogens with zero attached hydrogens (tertiary/aromatic N) is 1. The third-order valence-electron chi connectivity index (χ3n) is 3.41. The fourth-order valence-electron chi connectivity index (χ4n) is 2.37. The average Bonchev–Trinajstić information content (AvgIpc) is 2.45. The number of rotatable bonds is 5. The van der Waals surface area contributed by atoms with Gasteiger partial charge in [-0.25, -0.2) is 8.42 Å². The van der Waals surface area contributed by atoms with E-state index in [0.29, 0.717) is 19.7 Å². The molecule has 1 atom stereocenters. The van der Waals surface area contributed by atoms with Crippen LogP contribution in [-0.2, 0) is 14.8 Å². The molecule has 1 fully saturated rings. The number of halogens is 2. The van der Waals surface area contributed by atoms with Crippen molar-refractivity contribution in [3.8, 4) is 0 Å². The van der Waals surface area contributed by atoms with Gasteiger partial charge >= 0.3 is 0 Å². The molecule has 0 radical (unpaired) electrons. The molecule has 1 aromatic rings. The Bertz CT molecular complexity index is 594. The lowest BCUT2D eigenvalue weighted by Gasteiger charge is -2.32. The Morgan fingerprint density at radius 3 is 2.90 bits per heavy atom. The summed E-state index contributed by atoms with van der Waals surface area (Å²) in [6, 6.07) is 4.83. The van der Waals surface area contributed by atoms with Crippen LogP contribution in [0, 0.1) is 0 Å². The van der Waals surface area contributed by atoms with Gasteiger partial charge < -0.3 is 4.74 Å². The van der Waals surface area contributed by atoms with Crippen molar-refractivity contribution in [2.24, 2.45) is 0 Å². The minimum Gasteiger partial charge on any atom is -0.377 e. The first kappa shape index (κ1) is 17.2. The summed E-state index contributed by atoms with van der Waals surface area (Å²) < 4.78 is 33.4. The predicted octanol–water partition coefficient (Wildman–Crippen LogP) is 3.68. The molecule has 0 bridgehead atoms. The lowest BCUT2D eigenvalue weighted by molar-refractivity contribution is 0.0193. The van der Waals surface area contributed by atoms with Crippen molar-refractivity contribution in [2.45, 2.75) is 37.2 Å². The van der Waals surface area contributed by atoms with Gasteiger partial charge in [-0.1, -0.05) is 34.5 Å². The van der Waals surface area contributed by atoms with E-state index in [0.717, 1.165) is 23.7 Å². The van der Waals surface area contributed by atoms with Crippen molar-refractivity contribution in [3.63, 3.8) is 0 Å². The molecule has 1 unspecified atom stereocenters. The van der Waals surface area contributed by atoms with E-state index in [1.165, 1.54) is 10.4 Å². The zero-order valence-corrected chi connectivity index (χ0v) is 15.0. The zero-order valence-electron chi connectivity index (χ0n) is 11.9. The molecule has 1 saturated heterocycles. The van der Waals surface area contributed by atoms with Crippen LogP contribution in [0.2, 0.25) is 5.02 Å². The van der Waals surface area contributed by atoms with Crippen LogP contribution < -0.4 is 0 Å². The lowest BCUT2D eigenvalue weighted by Crippen LogP contribution is -2.43. The van der Waals surface area contributed by atoms with E-state index in [-0.39, 0.29) is 16.0 Å². The highest BCUT2D eigenvalue weighted by molar-refractivity contribution is 9.10. The summed E-state index contributed by atoms with van der Waals surface area (Å²) in [4.78, 5) is 0.156. The molecule has 0 saturated carbocycles. The molecule has 1 aromatic carbocycles. The highest BCUT2D eigenvalue weighted by Gasteiger charge is 2.31. The number of benzene rings is 1. The van der Waals surface area contributed by atoms with Gasteiger partial charge in [-0.15, -0.1) is 0 Å². The van der Waals surface area contributed by atoms with Crippen molar-refractivity contribution < 1.29 is 13.2 Å². The van der Waals surface area contributed by atoms with E-state index < -0.39 is 10.0 Å². The first-order valence-electron chi connectivity index (χ1n) is 7.02. The first-order valence-corrected chi connectivity index (χ1v) is 9.63. The van der Waals surface area contributed by atoms with Crippen LogP contribution in [0.5, 0.6) is 0 Å². The maximum atomic E-state index is 12.7. The Morgan fingerprint density at radius 2 is 2.24 bits per heavy atom. The molecule has 7 heteroatoms. The van der Waals surface area contributed by atoms with E-state index in [1.807, 2.05) is 6.92 Å². The molecule has 1 aliphatic rings. The van der Waals surface area contributed by atoms with Crippen LogP contribution >= 0.6 is 27.5 Å². The summed E-state index contributed by atoms with van der Waals surface area (Å²) in [7, 11) is -3.57. The monoisotopic (exact) mass is 395 g/mol. The molecule has 1 aliphatic heterocycles. The number of piperidine rings is 1. The molecule has 0 amide bonds. The number of sulfonamides is 1. The summed E-state index contributed by atoms with van der Waals surface area (Å²) in [6.45, 7) is 3.62. The largest absolute Gasteiger partial charge is 0.377 e. The van der Waals surface area contributed by atoms with Crippen molar-refractivity contribution in [2.75, 3.05) is 19.7 Å². The summed E-state index contributed by atoms with van der Waals surface area (Å²) in [6.07, 6.45) is 2.62. The van der Waals surface area contributed by atoms with E-state index in [9.17, 15) is 8.42 Å². The molecule has 1 heterocycles. The summed E-state index contributed by atoms with van der Waals surface area (Å²) >= 11 is 9.37. The molecular weight excluding hydrogens is 378 g/mol. The smallest absolute Gasteiger partial charge is 0.244 e. The number of ether oxygens (including phenoxy) is 1. The van der Waals surface area contributed by atoms with Gasteiger partial charge in [-0.3, -0.25) is 0 Å². The minimum absolute atomic E-state index is 0.0253. The Labute approximate surface area is 139 Å². The van der Waals surface area contributed by atoms with Crippen molar-refractivity contribution in [1.29, 1.82) is 0 Å². The van der Waals surface area contributed by atoms with E-state index in [1.54, 1.807) is 12.1 Å². The molecule has 0 aliphatic carbocycles. The fourth-order valence-corrected chi connectivity index (χ4v) is 4.89. The quantitative estimate of drug-likeness (QED) is 0.762. The summed E-state index contributed by atoms with van der Waals surface area (Å²) in [5, 5.41) is 0.237. The second kappa shape index (κ2) is 7.42. The van der Waals surface area contributed by atoms with Crippen molar-refractivity contribution in [1.82, 2.24) is 4.31 Å².